The molecule has 0 aliphatic carbocycles. The number of nitrogens with one attached hydrogen (secondary N) is 1. The minimum Gasteiger partial charge on any atom is -0.488 e. The number of likely N-dealkylation sites (tertiary alicyclic amines) is 1. The van der Waals surface area contributed by atoms with Gasteiger partial charge in [0.1, 0.15) is 11.9 Å². The number of piperidine rings is 1. The van der Waals surface area contributed by atoms with E-state index in [1.54, 1.807) is 0 Å². The number of hydrogen-bond acceptors (Lipinski definition) is 2. The lowest BCUT2D eigenvalue weighted by Gasteiger charge is -2.27. The molecule has 2 aliphatic rings. The van der Waals surface area contributed by atoms with Crippen LogP contribution in [-0.2, 0) is 6.42 Å². The normalized spacial score (nSPS) is 21.4. The van der Waals surface area contributed by atoms with Gasteiger partial charge in [-0.1, -0.05) is 49.4 Å². The quantitative estimate of drug-likeness (QED) is 0.877. The van der Waals surface area contributed by atoms with Crippen molar-refractivity contribution in [2.24, 2.45) is 0 Å². The van der Waals surface area contributed by atoms with Gasteiger partial charge in [-0.3, -0.25) is 0 Å². The number of ether oxygens (including phenoxy) is 1. The van der Waals surface area contributed by atoms with Crippen LogP contribution in [0.5, 0.6) is 5.75 Å². The Labute approximate surface area is 161 Å². The molecular formula is C23H28N2O2. The number of nitrogens with zero attached hydrogens (tertiary/aromatic N) is 1. The summed E-state index contributed by atoms with van der Waals surface area (Å²) in [7, 11) is 0. The molecule has 4 nitrogen and oxygen atoms in total. The van der Waals surface area contributed by atoms with Crippen LogP contribution < -0.4 is 10.1 Å². The number of rotatable bonds is 4. The highest BCUT2D eigenvalue weighted by Crippen LogP contribution is 2.38. The average molecular weight is 364 g/mol. The first kappa shape index (κ1) is 17.9. The van der Waals surface area contributed by atoms with Gasteiger partial charge in [0.05, 0.1) is 6.54 Å². The molecule has 0 aromatic heterocycles. The topological polar surface area (TPSA) is 41.6 Å². The Morgan fingerprint density at radius 3 is 2.63 bits per heavy atom. The predicted molar refractivity (Wildman–Crippen MR) is 107 cm³/mol. The van der Waals surface area contributed by atoms with Crippen LogP contribution in [0.15, 0.2) is 48.5 Å². The van der Waals surface area contributed by atoms with Gasteiger partial charge in [0.15, 0.2) is 0 Å². The summed E-state index contributed by atoms with van der Waals surface area (Å²) in [6.45, 7) is 4.49. The third-order valence-corrected chi connectivity index (χ3v) is 5.75. The van der Waals surface area contributed by atoms with Crippen LogP contribution in [0.1, 0.15) is 48.8 Å². The molecule has 1 fully saturated rings. The predicted octanol–water partition coefficient (Wildman–Crippen LogP) is 4.34. The summed E-state index contributed by atoms with van der Waals surface area (Å²) in [5.41, 5.74) is 3.86. The highest BCUT2D eigenvalue weighted by molar-refractivity contribution is 5.74. The van der Waals surface area contributed by atoms with Crippen molar-refractivity contribution in [1.29, 1.82) is 0 Å². The molecule has 2 atom stereocenters. The van der Waals surface area contributed by atoms with Crippen LogP contribution in [0.3, 0.4) is 0 Å². The van der Waals surface area contributed by atoms with Crippen LogP contribution in [0.25, 0.3) is 0 Å². The van der Waals surface area contributed by atoms with Crippen LogP contribution in [0.2, 0.25) is 0 Å². The number of carbonyl (C=O) groups is 1. The van der Waals surface area contributed by atoms with Crippen LogP contribution in [0.4, 0.5) is 4.79 Å². The Bertz CT molecular complexity index is 784. The molecule has 0 radical (unpaired) electrons. The zero-order chi connectivity index (χ0) is 18.6. The molecule has 142 valence electrons. The smallest absolute Gasteiger partial charge is 0.317 e. The van der Waals surface area contributed by atoms with Gasteiger partial charge < -0.3 is 15.0 Å². The maximum Gasteiger partial charge on any atom is 0.317 e. The number of urea groups is 1. The first-order valence-corrected chi connectivity index (χ1v) is 10.1. The number of carbonyl (C=O) groups excluding carboxylic acids is 1. The van der Waals surface area contributed by atoms with E-state index in [0.29, 0.717) is 6.54 Å². The number of amides is 2. The van der Waals surface area contributed by atoms with Crippen molar-refractivity contribution in [3.63, 3.8) is 0 Å². The fraction of sp³-hybridized carbons (Fsp3) is 0.435. The molecule has 1 saturated heterocycles. The van der Waals surface area contributed by atoms with Gasteiger partial charge in [-0.25, -0.2) is 4.79 Å². The van der Waals surface area contributed by atoms with Gasteiger partial charge in [0.25, 0.3) is 0 Å². The van der Waals surface area contributed by atoms with Crippen molar-refractivity contribution in [2.45, 2.75) is 44.6 Å². The average Bonchev–Trinajstić information content (AvgIpc) is 3.03. The van der Waals surface area contributed by atoms with Crippen molar-refractivity contribution in [3.05, 3.63) is 65.2 Å². The number of benzene rings is 2. The largest absolute Gasteiger partial charge is 0.488 e. The van der Waals surface area contributed by atoms with Crippen molar-refractivity contribution in [2.75, 3.05) is 19.6 Å². The zero-order valence-electron chi connectivity index (χ0n) is 16.0. The van der Waals surface area contributed by atoms with Crippen LogP contribution >= 0.6 is 0 Å². The Morgan fingerprint density at radius 1 is 1.07 bits per heavy atom. The lowest BCUT2D eigenvalue weighted by molar-refractivity contribution is 0.171. The highest BCUT2D eigenvalue weighted by atomic mass is 16.5. The Morgan fingerprint density at radius 2 is 1.85 bits per heavy atom. The molecule has 4 rings (SSSR count). The van der Waals surface area contributed by atoms with Crippen molar-refractivity contribution in [1.82, 2.24) is 10.2 Å². The maximum absolute atomic E-state index is 12.4. The molecule has 2 heterocycles. The van der Waals surface area contributed by atoms with Crippen molar-refractivity contribution in [3.8, 4) is 5.75 Å². The van der Waals surface area contributed by atoms with Crippen LogP contribution in [0, 0.1) is 0 Å². The molecule has 2 aromatic carbocycles. The molecule has 2 aliphatic heterocycles. The third-order valence-electron chi connectivity index (χ3n) is 5.75. The third kappa shape index (κ3) is 4.10. The lowest BCUT2D eigenvalue weighted by Crippen LogP contribution is -2.46. The molecule has 0 spiro atoms. The standard InChI is InChI=1S/C23H28N2O2/c1-17-20-15-19(14-18-8-4-2-5-9-18)10-11-21(20)27-22(17)16-24-23(26)25-12-6-3-7-13-25/h2,4-5,8-11,15,17,22H,3,6-7,12-14,16H2,1H3,(H,24,26). The molecular weight excluding hydrogens is 336 g/mol. The molecule has 0 saturated carbocycles. The molecule has 27 heavy (non-hydrogen) atoms. The highest BCUT2D eigenvalue weighted by Gasteiger charge is 2.31. The molecule has 2 aromatic rings. The van der Waals surface area contributed by atoms with E-state index < -0.39 is 0 Å². The second-order valence-electron chi connectivity index (χ2n) is 7.71. The molecule has 1 N–H and O–H groups in total. The van der Waals surface area contributed by atoms with Gasteiger partial charge in [-0.05, 0) is 42.9 Å². The second kappa shape index (κ2) is 8.03. The summed E-state index contributed by atoms with van der Waals surface area (Å²) in [5, 5.41) is 3.08. The minimum atomic E-state index is 0.000663. The van der Waals surface area contributed by atoms with Gasteiger partial charge in [0.2, 0.25) is 0 Å². The fourth-order valence-corrected chi connectivity index (χ4v) is 4.08. The van der Waals surface area contributed by atoms with Crippen LogP contribution in [-0.4, -0.2) is 36.7 Å². The molecule has 4 heteroatoms. The molecule has 0 bridgehead atoms. The van der Waals surface area contributed by atoms with Gasteiger partial charge in [-0.2, -0.15) is 0 Å². The first-order chi connectivity index (χ1) is 13.2. The summed E-state index contributed by atoms with van der Waals surface area (Å²) in [4.78, 5) is 14.3. The Balaban J connectivity index is 1.37. The van der Waals surface area contributed by atoms with E-state index >= 15 is 0 Å². The summed E-state index contributed by atoms with van der Waals surface area (Å²) in [6.07, 6.45) is 4.38. The maximum atomic E-state index is 12.4. The second-order valence-corrected chi connectivity index (χ2v) is 7.71. The Kier molecular flexibility index (Phi) is 5.33. The monoisotopic (exact) mass is 364 g/mol. The van der Waals surface area contributed by atoms with E-state index in [9.17, 15) is 4.79 Å². The van der Waals surface area contributed by atoms with Crippen molar-refractivity contribution < 1.29 is 9.53 Å². The number of fused-ring (bicyclic) bond motifs is 1. The number of hydrogen-bond donors (Lipinski definition) is 1. The van der Waals surface area contributed by atoms with Crippen molar-refractivity contribution >= 4 is 6.03 Å². The molecule has 2 unspecified atom stereocenters. The van der Waals surface area contributed by atoms with E-state index in [-0.39, 0.29) is 18.1 Å². The van der Waals surface area contributed by atoms with Gasteiger partial charge in [0, 0.05) is 24.6 Å². The molecule has 2 amide bonds. The summed E-state index contributed by atoms with van der Waals surface area (Å²) in [6, 6.07) is 17.1. The van der Waals surface area contributed by atoms with Gasteiger partial charge in [-0.15, -0.1) is 0 Å². The zero-order valence-corrected chi connectivity index (χ0v) is 16.0. The Hall–Kier alpha value is -2.49. The summed E-state index contributed by atoms with van der Waals surface area (Å²) in [5.74, 6) is 1.23. The van der Waals surface area contributed by atoms with E-state index in [1.807, 2.05) is 11.0 Å². The summed E-state index contributed by atoms with van der Waals surface area (Å²) >= 11 is 0. The lowest BCUT2D eigenvalue weighted by atomic mass is 9.94. The first-order valence-electron chi connectivity index (χ1n) is 10.1. The van der Waals surface area contributed by atoms with E-state index in [0.717, 1.165) is 38.1 Å². The SMILES string of the molecule is CC1c2cc(Cc3ccccc3)ccc2OC1CNC(=O)N1CCCCC1. The van der Waals surface area contributed by atoms with E-state index in [1.165, 1.54) is 23.1 Å². The van der Waals surface area contributed by atoms with Gasteiger partial charge >= 0.3 is 6.03 Å². The van der Waals surface area contributed by atoms with E-state index in [2.05, 4.69) is 54.7 Å². The fourth-order valence-electron chi connectivity index (χ4n) is 4.08. The van der Waals surface area contributed by atoms with E-state index in [4.69, 9.17) is 4.74 Å². The summed E-state index contributed by atoms with van der Waals surface area (Å²) < 4.78 is 6.13. The minimum absolute atomic E-state index is 0.000663.